The van der Waals surface area contributed by atoms with E-state index in [1.165, 1.54) is 0 Å². The second-order valence-electron chi connectivity index (χ2n) is 8.13. The van der Waals surface area contributed by atoms with Crippen molar-refractivity contribution >= 4 is 39.6 Å². The third-order valence-electron chi connectivity index (χ3n) is 5.55. The van der Waals surface area contributed by atoms with Gasteiger partial charge in [-0.1, -0.05) is 59.7 Å². The highest BCUT2D eigenvalue weighted by Crippen LogP contribution is 2.40. The molecule has 3 aromatic rings. The van der Waals surface area contributed by atoms with Crippen LogP contribution in [-0.4, -0.2) is 40.2 Å². The van der Waals surface area contributed by atoms with Crippen LogP contribution >= 0.6 is 27.7 Å². The zero-order valence-corrected chi connectivity index (χ0v) is 23.1. The van der Waals surface area contributed by atoms with Gasteiger partial charge in [-0.15, -0.1) is 5.10 Å². The predicted molar refractivity (Wildman–Crippen MR) is 144 cm³/mol. The Morgan fingerprint density at radius 1 is 1.19 bits per heavy atom. The van der Waals surface area contributed by atoms with Crippen molar-refractivity contribution in [2.45, 2.75) is 45.0 Å². The van der Waals surface area contributed by atoms with Crippen LogP contribution in [0.1, 0.15) is 44.4 Å². The van der Waals surface area contributed by atoms with Crippen molar-refractivity contribution < 1.29 is 19.0 Å². The van der Waals surface area contributed by atoms with Gasteiger partial charge in [-0.3, -0.25) is 0 Å². The van der Waals surface area contributed by atoms with Crippen LogP contribution < -0.4 is 14.8 Å². The highest BCUT2D eigenvalue weighted by molar-refractivity contribution is 9.10. The van der Waals surface area contributed by atoms with Crippen LogP contribution in [-0.2, 0) is 16.1 Å². The maximum absolute atomic E-state index is 13.2. The highest BCUT2D eigenvalue weighted by atomic mass is 79.9. The van der Waals surface area contributed by atoms with E-state index in [0.29, 0.717) is 47.1 Å². The minimum atomic E-state index is -0.530. The smallest absolute Gasteiger partial charge is 0.338 e. The van der Waals surface area contributed by atoms with E-state index in [1.54, 1.807) is 23.6 Å². The number of methoxy groups -OCH3 is 1. The lowest BCUT2D eigenvalue weighted by Crippen LogP contribution is -2.29. The first-order valence-corrected chi connectivity index (χ1v) is 13.5. The first-order chi connectivity index (χ1) is 17.4. The molecular formula is C26H29BrN4O4S. The van der Waals surface area contributed by atoms with Crippen molar-refractivity contribution in [1.82, 2.24) is 14.8 Å². The summed E-state index contributed by atoms with van der Waals surface area (Å²) >= 11 is 5.03. The molecular weight excluding hydrogens is 544 g/mol. The third kappa shape index (κ3) is 5.70. The SMILES string of the molecule is CCCOC(=O)C1=C(C)Nc2nc(SCC)nn2C1c1ccc(OCc2cccc(Br)c2)c(OC)c1. The first kappa shape index (κ1) is 26.1. The molecule has 1 aliphatic heterocycles. The number of halogens is 1. The summed E-state index contributed by atoms with van der Waals surface area (Å²) < 4.78 is 20.0. The number of fused-ring (bicyclic) bond motifs is 1. The molecule has 1 N–H and O–H groups in total. The number of esters is 1. The Labute approximate surface area is 223 Å². The average molecular weight is 574 g/mol. The standard InChI is InChI=1S/C26H29BrN4O4S/c1-5-12-34-24(32)22-16(3)28-25-29-26(36-6-2)30-31(25)23(22)18-10-11-20(21(14-18)33-4)35-15-17-8-7-9-19(27)13-17/h7-11,13-14,23H,5-6,12,15H2,1-4H3,(H,28,29,30). The summed E-state index contributed by atoms with van der Waals surface area (Å²) in [5.74, 6) is 2.20. The van der Waals surface area contributed by atoms with Gasteiger partial charge in [-0.2, -0.15) is 4.98 Å². The molecule has 0 radical (unpaired) electrons. The number of anilines is 1. The Hall–Kier alpha value is -2.98. The monoisotopic (exact) mass is 572 g/mol. The number of carbonyl (C=O) groups is 1. The number of benzene rings is 2. The van der Waals surface area contributed by atoms with Gasteiger partial charge in [-0.25, -0.2) is 9.48 Å². The number of ether oxygens (including phenoxy) is 3. The number of rotatable bonds is 10. The van der Waals surface area contributed by atoms with E-state index in [1.807, 2.05) is 63.2 Å². The minimum absolute atomic E-state index is 0.342. The fourth-order valence-electron chi connectivity index (χ4n) is 3.93. The van der Waals surface area contributed by atoms with Crippen molar-refractivity contribution in [1.29, 1.82) is 0 Å². The summed E-state index contributed by atoms with van der Waals surface area (Å²) in [5.41, 5.74) is 3.01. The molecule has 2 heterocycles. The molecule has 8 nitrogen and oxygen atoms in total. The van der Waals surface area contributed by atoms with Gasteiger partial charge in [0.15, 0.2) is 11.5 Å². The van der Waals surface area contributed by atoms with Gasteiger partial charge in [0.1, 0.15) is 12.6 Å². The molecule has 1 aliphatic rings. The molecule has 1 atom stereocenters. The predicted octanol–water partition coefficient (Wildman–Crippen LogP) is 5.98. The molecule has 0 aliphatic carbocycles. The number of hydrogen-bond acceptors (Lipinski definition) is 8. The molecule has 0 saturated heterocycles. The molecule has 0 fully saturated rings. The molecule has 1 unspecified atom stereocenters. The van der Waals surface area contributed by atoms with Crippen LogP contribution in [0.15, 0.2) is 63.4 Å². The van der Waals surface area contributed by atoms with Crippen LogP contribution in [0.25, 0.3) is 0 Å². The number of hydrogen-bond donors (Lipinski definition) is 1. The molecule has 0 saturated carbocycles. The number of thioether (sulfide) groups is 1. The lowest BCUT2D eigenvalue weighted by molar-refractivity contribution is -0.139. The van der Waals surface area contributed by atoms with E-state index in [4.69, 9.17) is 19.3 Å². The van der Waals surface area contributed by atoms with E-state index < -0.39 is 6.04 Å². The second-order valence-corrected chi connectivity index (χ2v) is 10.3. The summed E-state index contributed by atoms with van der Waals surface area (Å²) in [6, 6.07) is 13.1. The Bertz CT molecular complexity index is 1280. The Morgan fingerprint density at radius 2 is 2.03 bits per heavy atom. The molecule has 190 valence electrons. The second kappa shape index (κ2) is 11.8. The van der Waals surface area contributed by atoms with Gasteiger partial charge in [-0.05, 0) is 54.5 Å². The van der Waals surface area contributed by atoms with Gasteiger partial charge in [0.25, 0.3) is 0 Å². The fourth-order valence-corrected chi connectivity index (χ4v) is 4.93. The van der Waals surface area contributed by atoms with Crippen molar-refractivity contribution in [2.24, 2.45) is 0 Å². The number of nitrogens with zero attached hydrogens (tertiary/aromatic N) is 3. The maximum atomic E-state index is 13.2. The Kier molecular flexibility index (Phi) is 8.58. The zero-order valence-electron chi connectivity index (χ0n) is 20.7. The van der Waals surface area contributed by atoms with E-state index in [-0.39, 0.29) is 5.97 Å². The van der Waals surface area contributed by atoms with Gasteiger partial charge in [0, 0.05) is 10.2 Å². The molecule has 0 spiro atoms. The normalized spacial score (nSPS) is 14.8. The van der Waals surface area contributed by atoms with E-state index in [2.05, 4.69) is 26.2 Å². The van der Waals surface area contributed by atoms with Crippen LogP contribution in [0.4, 0.5) is 5.95 Å². The first-order valence-electron chi connectivity index (χ1n) is 11.7. The van der Waals surface area contributed by atoms with E-state index in [0.717, 1.165) is 27.8 Å². The lowest BCUT2D eigenvalue weighted by Gasteiger charge is -2.28. The Balaban J connectivity index is 1.71. The van der Waals surface area contributed by atoms with Crippen molar-refractivity contribution in [3.8, 4) is 11.5 Å². The van der Waals surface area contributed by atoms with Crippen molar-refractivity contribution in [3.05, 3.63) is 69.3 Å². The highest BCUT2D eigenvalue weighted by Gasteiger charge is 2.35. The lowest BCUT2D eigenvalue weighted by atomic mass is 9.95. The summed E-state index contributed by atoms with van der Waals surface area (Å²) in [4.78, 5) is 17.8. The molecule has 4 rings (SSSR count). The molecule has 2 aromatic carbocycles. The van der Waals surface area contributed by atoms with Gasteiger partial charge in [0.05, 0.1) is 19.3 Å². The summed E-state index contributed by atoms with van der Waals surface area (Å²) in [7, 11) is 1.60. The van der Waals surface area contributed by atoms with Gasteiger partial charge >= 0.3 is 5.97 Å². The number of nitrogens with one attached hydrogen (secondary N) is 1. The number of allylic oxidation sites excluding steroid dienone is 1. The number of carbonyl (C=O) groups excluding carboxylic acids is 1. The quantitative estimate of drug-likeness (QED) is 0.234. The number of aromatic nitrogens is 3. The molecule has 0 bridgehead atoms. The summed E-state index contributed by atoms with van der Waals surface area (Å²) in [6.07, 6.45) is 0.736. The summed E-state index contributed by atoms with van der Waals surface area (Å²) in [6.45, 7) is 6.60. The summed E-state index contributed by atoms with van der Waals surface area (Å²) in [5, 5.41) is 8.56. The average Bonchev–Trinajstić information content (AvgIpc) is 3.27. The topological polar surface area (TPSA) is 87.5 Å². The van der Waals surface area contributed by atoms with Gasteiger partial charge < -0.3 is 19.5 Å². The van der Waals surface area contributed by atoms with Crippen LogP contribution in [0, 0.1) is 0 Å². The zero-order chi connectivity index (χ0) is 25.7. The van der Waals surface area contributed by atoms with E-state index in [9.17, 15) is 4.79 Å². The fraction of sp³-hybridized carbons (Fsp3) is 0.346. The minimum Gasteiger partial charge on any atom is -0.493 e. The van der Waals surface area contributed by atoms with E-state index >= 15 is 0 Å². The molecule has 1 aromatic heterocycles. The van der Waals surface area contributed by atoms with Crippen molar-refractivity contribution in [3.63, 3.8) is 0 Å². The largest absolute Gasteiger partial charge is 0.493 e. The van der Waals surface area contributed by atoms with Crippen LogP contribution in [0.5, 0.6) is 11.5 Å². The Morgan fingerprint density at radius 3 is 2.75 bits per heavy atom. The van der Waals surface area contributed by atoms with Crippen LogP contribution in [0.2, 0.25) is 0 Å². The van der Waals surface area contributed by atoms with Gasteiger partial charge in [0.2, 0.25) is 11.1 Å². The van der Waals surface area contributed by atoms with Crippen molar-refractivity contribution in [2.75, 3.05) is 24.8 Å². The molecule has 36 heavy (non-hydrogen) atoms. The molecule has 10 heteroatoms. The molecule has 0 amide bonds. The third-order valence-corrected chi connectivity index (χ3v) is 6.76. The maximum Gasteiger partial charge on any atom is 0.338 e. The van der Waals surface area contributed by atoms with Crippen LogP contribution in [0.3, 0.4) is 0 Å².